The van der Waals surface area contributed by atoms with E-state index in [1.54, 1.807) is 12.1 Å². The highest BCUT2D eigenvalue weighted by Gasteiger charge is 2.04. The van der Waals surface area contributed by atoms with Crippen LogP contribution in [-0.2, 0) is 5.11 Å². The van der Waals surface area contributed by atoms with Crippen molar-refractivity contribution in [1.82, 2.24) is 0 Å². The first kappa shape index (κ1) is 10.6. The van der Waals surface area contributed by atoms with Gasteiger partial charge in [-0.3, -0.25) is 0 Å². The molecular weight excluding hydrogens is 228 g/mol. The monoisotopic (exact) mass is 237 g/mol. The van der Waals surface area contributed by atoms with E-state index in [-0.39, 0.29) is 5.75 Å². The summed E-state index contributed by atoms with van der Waals surface area (Å²) in [6.07, 6.45) is -1.55. The van der Waals surface area contributed by atoms with Gasteiger partial charge in [0.2, 0.25) is 0 Å². The Balaban J connectivity index is 2.20. The van der Waals surface area contributed by atoms with E-state index in [2.05, 4.69) is 10.8 Å². The highest BCUT2D eigenvalue weighted by molar-refractivity contribution is 5.98. The molecule has 3 aromatic rings. The van der Waals surface area contributed by atoms with Gasteiger partial charge in [-0.05, 0) is 45.8 Å². The molecule has 0 spiro atoms. The topological polar surface area (TPSA) is 46.2 Å². The van der Waals surface area contributed by atoms with Gasteiger partial charge in [-0.2, -0.15) is 9.90 Å². The molecule has 87 valence electrons. The maximum Gasteiger partial charge on any atom is 0.555 e. The fourth-order valence-electron chi connectivity index (χ4n) is 2.08. The molecule has 0 unspecified atom stereocenters. The van der Waals surface area contributed by atoms with E-state index in [1.807, 2.05) is 36.4 Å². The molecular formula is C15H9O3. The van der Waals surface area contributed by atoms with Crippen molar-refractivity contribution in [1.29, 1.82) is 0 Å². The summed E-state index contributed by atoms with van der Waals surface area (Å²) in [6, 6.07) is 17.2. The zero-order valence-corrected chi connectivity index (χ0v) is 9.42. The van der Waals surface area contributed by atoms with Crippen molar-refractivity contribution in [3.63, 3.8) is 0 Å². The minimum absolute atomic E-state index is 0.276. The van der Waals surface area contributed by atoms with E-state index in [1.165, 1.54) is 0 Å². The van der Waals surface area contributed by atoms with Crippen LogP contribution in [0.4, 0.5) is 4.79 Å². The van der Waals surface area contributed by atoms with Gasteiger partial charge in [0.15, 0.2) is 0 Å². The van der Waals surface area contributed by atoms with Crippen molar-refractivity contribution in [2.75, 3.05) is 0 Å². The summed E-state index contributed by atoms with van der Waals surface area (Å²) in [4.78, 5) is 10.4. The fraction of sp³-hybridized carbons (Fsp3) is 0. The summed E-state index contributed by atoms with van der Waals surface area (Å²) in [6.45, 7) is 0. The first-order valence-corrected chi connectivity index (χ1v) is 5.54. The van der Waals surface area contributed by atoms with Gasteiger partial charge in [-0.15, -0.1) is 0 Å². The lowest BCUT2D eigenvalue weighted by Crippen LogP contribution is -2.00. The third-order valence-corrected chi connectivity index (χ3v) is 2.88. The summed E-state index contributed by atoms with van der Waals surface area (Å²) < 4.78 is 4.54. The van der Waals surface area contributed by atoms with Crippen LogP contribution in [0.2, 0.25) is 0 Å². The Morgan fingerprint density at radius 2 is 1.39 bits per heavy atom. The van der Waals surface area contributed by atoms with E-state index in [9.17, 15) is 9.90 Å². The lowest BCUT2D eigenvalue weighted by atomic mass is 10.0. The van der Waals surface area contributed by atoms with Crippen LogP contribution >= 0.6 is 0 Å². The molecule has 0 N–H and O–H groups in total. The number of ether oxygens (including phenoxy) is 1. The molecule has 0 heterocycles. The third-order valence-electron chi connectivity index (χ3n) is 2.88. The number of hydrogen-bond acceptors (Lipinski definition) is 2. The van der Waals surface area contributed by atoms with Gasteiger partial charge >= 0.3 is 6.16 Å². The van der Waals surface area contributed by atoms with E-state index >= 15 is 0 Å². The lowest BCUT2D eigenvalue weighted by Gasteiger charge is -2.04. The zero-order valence-electron chi connectivity index (χ0n) is 9.42. The lowest BCUT2D eigenvalue weighted by molar-refractivity contribution is 0.117. The van der Waals surface area contributed by atoms with Crippen LogP contribution in [0.15, 0.2) is 54.6 Å². The van der Waals surface area contributed by atoms with Gasteiger partial charge in [-0.1, -0.05) is 30.3 Å². The van der Waals surface area contributed by atoms with Crippen LogP contribution in [0.5, 0.6) is 5.75 Å². The second-order valence-corrected chi connectivity index (χ2v) is 4.06. The molecule has 3 aromatic carbocycles. The average Bonchev–Trinajstić information content (AvgIpc) is 2.35. The molecule has 0 saturated heterocycles. The number of carbonyl (C=O) groups is 1. The molecule has 3 nitrogen and oxygen atoms in total. The Kier molecular flexibility index (Phi) is 2.38. The van der Waals surface area contributed by atoms with Crippen molar-refractivity contribution in [3.05, 3.63) is 54.6 Å². The van der Waals surface area contributed by atoms with E-state index in [4.69, 9.17) is 0 Å². The molecule has 0 fully saturated rings. The largest absolute Gasteiger partial charge is 0.555 e. The molecule has 0 aliphatic heterocycles. The quantitative estimate of drug-likeness (QED) is 0.366. The first-order valence-electron chi connectivity index (χ1n) is 5.54. The van der Waals surface area contributed by atoms with Gasteiger partial charge in [0.05, 0.1) is 0 Å². The maximum atomic E-state index is 10.4. The van der Waals surface area contributed by atoms with E-state index < -0.39 is 6.16 Å². The van der Waals surface area contributed by atoms with Crippen molar-refractivity contribution in [3.8, 4) is 5.75 Å². The highest BCUT2D eigenvalue weighted by atomic mass is 16.7. The molecule has 1 radical (unpaired) electrons. The summed E-state index contributed by atoms with van der Waals surface area (Å²) in [5.74, 6) is 0.276. The minimum atomic E-state index is -1.55. The molecule has 0 bridgehead atoms. The van der Waals surface area contributed by atoms with Crippen molar-refractivity contribution < 1.29 is 14.6 Å². The number of fused-ring (bicyclic) bond motifs is 2. The molecule has 3 heteroatoms. The summed E-state index contributed by atoms with van der Waals surface area (Å²) in [7, 11) is 0. The van der Waals surface area contributed by atoms with Gasteiger partial charge in [0.25, 0.3) is 0 Å². The molecule has 0 aromatic heterocycles. The molecule has 0 amide bonds. The fourth-order valence-corrected chi connectivity index (χ4v) is 2.08. The standard InChI is InChI=1S/C15H9O3/c16-15(17)18-14-6-5-12-7-10-3-1-2-4-11(10)8-13(12)9-14/h1-9H. The number of carbonyl (C=O) groups excluding carboxylic acids is 1. The van der Waals surface area contributed by atoms with Crippen LogP contribution in [0, 0.1) is 0 Å². The van der Waals surface area contributed by atoms with Gasteiger partial charge < -0.3 is 4.74 Å². The minimum Gasteiger partial charge on any atom is -0.392 e. The van der Waals surface area contributed by atoms with Gasteiger partial charge in [0.1, 0.15) is 5.75 Å². The highest BCUT2D eigenvalue weighted by Crippen LogP contribution is 2.26. The van der Waals surface area contributed by atoms with Crippen LogP contribution in [0.3, 0.4) is 0 Å². The summed E-state index contributed by atoms with van der Waals surface area (Å²) >= 11 is 0. The smallest absolute Gasteiger partial charge is 0.392 e. The van der Waals surface area contributed by atoms with Crippen molar-refractivity contribution >= 4 is 27.7 Å². The Labute approximate surface area is 103 Å². The zero-order chi connectivity index (χ0) is 12.5. The number of benzene rings is 3. The van der Waals surface area contributed by atoms with Crippen LogP contribution in [0.25, 0.3) is 21.5 Å². The molecule has 0 aliphatic rings. The SMILES string of the molecule is [O]C(=O)Oc1ccc2cc3ccccc3cc2c1. The van der Waals surface area contributed by atoms with Gasteiger partial charge in [0, 0.05) is 0 Å². The van der Waals surface area contributed by atoms with Crippen molar-refractivity contribution in [2.45, 2.75) is 0 Å². The molecule has 0 atom stereocenters. The Hall–Kier alpha value is -2.55. The van der Waals surface area contributed by atoms with Crippen molar-refractivity contribution in [2.24, 2.45) is 0 Å². The predicted molar refractivity (Wildman–Crippen MR) is 68.2 cm³/mol. The third kappa shape index (κ3) is 1.86. The summed E-state index contributed by atoms with van der Waals surface area (Å²) in [5.41, 5.74) is 0. The normalized spacial score (nSPS) is 10.7. The second kappa shape index (κ2) is 4.04. The van der Waals surface area contributed by atoms with Crippen LogP contribution in [0.1, 0.15) is 0 Å². The number of rotatable bonds is 1. The Morgan fingerprint density at radius 3 is 2.06 bits per heavy atom. The molecule has 0 aliphatic carbocycles. The Bertz CT molecular complexity index is 747. The molecule has 3 rings (SSSR count). The Morgan fingerprint density at radius 1 is 0.778 bits per heavy atom. The number of hydrogen-bond donors (Lipinski definition) is 0. The molecule has 18 heavy (non-hydrogen) atoms. The van der Waals surface area contributed by atoms with E-state index in [0.717, 1.165) is 21.5 Å². The summed E-state index contributed by atoms with van der Waals surface area (Å²) in [5, 5.41) is 14.6. The van der Waals surface area contributed by atoms with Crippen LogP contribution < -0.4 is 4.74 Å². The van der Waals surface area contributed by atoms with Gasteiger partial charge in [-0.25, -0.2) is 0 Å². The predicted octanol–water partition coefficient (Wildman–Crippen LogP) is 3.92. The molecule has 0 saturated carbocycles. The average molecular weight is 237 g/mol. The van der Waals surface area contributed by atoms with Crippen LogP contribution in [-0.4, -0.2) is 6.16 Å². The maximum absolute atomic E-state index is 10.4. The first-order chi connectivity index (χ1) is 8.72. The second-order valence-electron chi connectivity index (χ2n) is 4.06. The van der Waals surface area contributed by atoms with E-state index in [0.29, 0.717) is 0 Å².